The van der Waals surface area contributed by atoms with Gasteiger partial charge in [-0.25, -0.2) is 0 Å². The summed E-state index contributed by atoms with van der Waals surface area (Å²) in [4.78, 5) is 11.6. The molecule has 90 valence electrons. The summed E-state index contributed by atoms with van der Waals surface area (Å²) in [6.07, 6.45) is 0.847. The fraction of sp³-hybridized carbons (Fsp3) is 0.250. The maximum atomic E-state index is 11.6. The molecule has 1 heterocycles. The van der Waals surface area contributed by atoms with Crippen molar-refractivity contribution in [3.63, 3.8) is 0 Å². The van der Waals surface area contributed by atoms with Crippen LogP contribution in [-0.4, -0.2) is 22.4 Å². The second-order valence-electron chi connectivity index (χ2n) is 3.69. The molecule has 0 bridgehead atoms. The van der Waals surface area contributed by atoms with Crippen molar-refractivity contribution in [1.29, 1.82) is 0 Å². The SMILES string of the molecule is CCc1ccc(OC)c(-c2c(O)[nH][nH]c2=O)c1. The van der Waals surface area contributed by atoms with Gasteiger partial charge in [-0.05, 0) is 24.1 Å². The molecular weight excluding hydrogens is 220 g/mol. The van der Waals surface area contributed by atoms with Gasteiger partial charge in [-0.1, -0.05) is 13.0 Å². The average molecular weight is 234 g/mol. The van der Waals surface area contributed by atoms with E-state index in [1.165, 1.54) is 7.11 Å². The average Bonchev–Trinajstić information content (AvgIpc) is 2.68. The molecule has 0 saturated heterocycles. The third kappa shape index (κ3) is 1.91. The van der Waals surface area contributed by atoms with Crippen LogP contribution in [0.1, 0.15) is 12.5 Å². The number of H-pyrrole nitrogens is 2. The second-order valence-corrected chi connectivity index (χ2v) is 3.69. The molecule has 0 fully saturated rings. The van der Waals surface area contributed by atoms with E-state index in [1.54, 1.807) is 6.07 Å². The molecule has 0 atom stereocenters. The largest absolute Gasteiger partial charge is 0.496 e. The number of ether oxygens (including phenoxy) is 1. The van der Waals surface area contributed by atoms with Crippen LogP contribution in [0.15, 0.2) is 23.0 Å². The minimum atomic E-state index is -0.367. The Bertz CT molecular complexity index is 584. The smallest absolute Gasteiger partial charge is 0.275 e. The molecule has 1 aromatic heterocycles. The number of methoxy groups -OCH3 is 1. The minimum Gasteiger partial charge on any atom is -0.496 e. The van der Waals surface area contributed by atoms with E-state index in [1.807, 2.05) is 19.1 Å². The van der Waals surface area contributed by atoms with Crippen molar-refractivity contribution in [3.05, 3.63) is 34.1 Å². The lowest BCUT2D eigenvalue weighted by atomic mass is 10.0. The number of rotatable bonds is 3. The molecule has 2 aromatic rings. The normalized spacial score (nSPS) is 10.5. The highest BCUT2D eigenvalue weighted by Gasteiger charge is 2.16. The molecular formula is C12H14N2O3. The van der Waals surface area contributed by atoms with Crippen molar-refractivity contribution in [3.8, 4) is 22.8 Å². The van der Waals surface area contributed by atoms with E-state index in [9.17, 15) is 9.90 Å². The molecule has 3 N–H and O–H groups in total. The van der Waals surface area contributed by atoms with E-state index in [2.05, 4.69) is 10.2 Å². The zero-order valence-corrected chi connectivity index (χ0v) is 9.70. The van der Waals surface area contributed by atoms with Gasteiger partial charge in [0.05, 0.1) is 7.11 Å². The predicted octanol–water partition coefficient (Wildman–Crippen LogP) is 1.65. The maximum Gasteiger partial charge on any atom is 0.275 e. The van der Waals surface area contributed by atoms with Crippen molar-refractivity contribution in [2.24, 2.45) is 0 Å². The monoisotopic (exact) mass is 234 g/mol. The fourth-order valence-electron chi connectivity index (χ4n) is 1.77. The molecule has 0 saturated carbocycles. The molecule has 5 heteroatoms. The quantitative estimate of drug-likeness (QED) is 0.755. The molecule has 0 unspecified atom stereocenters. The van der Waals surface area contributed by atoms with E-state index in [4.69, 9.17) is 4.74 Å². The summed E-state index contributed by atoms with van der Waals surface area (Å²) in [6.45, 7) is 2.02. The summed E-state index contributed by atoms with van der Waals surface area (Å²) in [7, 11) is 1.53. The second kappa shape index (κ2) is 4.37. The van der Waals surface area contributed by atoms with Crippen LogP contribution in [0.25, 0.3) is 11.1 Å². The van der Waals surface area contributed by atoms with Crippen molar-refractivity contribution < 1.29 is 9.84 Å². The molecule has 0 aliphatic rings. The Hall–Kier alpha value is -2.17. The first-order valence-electron chi connectivity index (χ1n) is 5.34. The highest BCUT2D eigenvalue weighted by molar-refractivity contribution is 5.74. The van der Waals surface area contributed by atoms with Gasteiger partial charge >= 0.3 is 0 Å². The van der Waals surface area contributed by atoms with E-state index in [-0.39, 0.29) is 17.0 Å². The first-order valence-corrected chi connectivity index (χ1v) is 5.34. The number of aryl methyl sites for hydroxylation is 1. The molecule has 5 nitrogen and oxygen atoms in total. The number of aromatic hydroxyl groups is 1. The Balaban J connectivity index is 2.68. The number of aromatic amines is 2. The highest BCUT2D eigenvalue weighted by atomic mass is 16.5. The molecule has 0 aliphatic heterocycles. The van der Waals surface area contributed by atoms with Crippen LogP contribution in [0, 0.1) is 0 Å². The number of hydrogen-bond acceptors (Lipinski definition) is 3. The number of aromatic nitrogens is 2. The van der Waals surface area contributed by atoms with Gasteiger partial charge in [0.2, 0.25) is 5.88 Å². The van der Waals surface area contributed by atoms with Crippen LogP contribution in [-0.2, 0) is 6.42 Å². The van der Waals surface area contributed by atoms with Crippen LogP contribution in [0.2, 0.25) is 0 Å². The Morgan fingerprint density at radius 2 is 2.12 bits per heavy atom. The minimum absolute atomic E-state index is 0.179. The van der Waals surface area contributed by atoms with Crippen LogP contribution >= 0.6 is 0 Å². The Kier molecular flexibility index (Phi) is 2.91. The van der Waals surface area contributed by atoms with E-state index in [0.29, 0.717) is 11.3 Å². The third-order valence-electron chi connectivity index (χ3n) is 2.70. The third-order valence-corrected chi connectivity index (χ3v) is 2.70. The lowest BCUT2D eigenvalue weighted by Crippen LogP contribution is -2.03. The van der Waals surface area contributed by atoms with Crippen molar-refractivity contribution in [1.82, 2.24) is 10.2 Å². The fourth-order valence-corrected chi connectivity index (χ4v) is 1.77. The van der Waals surface area contributed by atoms with E-state index in [0.717, 1.165) is 12.0 Å². The van der Waals surface area contributed by atoms with Crippen molar-refractivity contribution in [2.45, 2.75) is 13.3 Å². The van der Waals surface area contributed by atoms with Gasteiger partial charge in [-0.15, -0.1) is 0 Å². The van der Waals surface area contributed by atoms with Gasteiger partial charge < -0.3 is 9.84 Å². The van der Waals surface area contributed by atoms with Gasteiger partial charge in [-0.2, -0.15) is 0 Å². The summed E-state index contributed by atoms with van der Waals surface area (Å²) in [6, 6.07) is 5.57. The number of benzene rings is 1. The Morgan fingerprint density at radius 3 is 2.65 bits per heavy atom. The maximum absolute atomic E-state index is 11.6. The summed E-state index contributed by atoms with van der Waals surface area (Å²) in [5.74, 6) is 0.379. The standard InChI is InChI=1S/C12H14N2O3/c1-3-7-4-5-9(17-2)8(6-7)10-11(15)13-14-12(10)16/h4-6H,3H2,1-2H3,(H3,13,14,15,16). The molecule has 0 amide bonds. The summed E-state index contributed by atoms with van der Waals surface area (Å²) < 4.78 is 5.20. The van der Waals surface area contributed by atoms with Crippen LogP contribution in [0.5, 0.6) is 11.6 Å². The Labute approximate surface area is 98.0 Å². The molecule has 17 heavy (non-hydrogen) atoms. The van der Waals surface area contributed by atoms with Crippen LogP contribution in [0.4, 0.5) is 0 Å². The van der Waals surface area contributed by atoms with Crippen molar-refractivity contribution >= 4 is 0 Å². The van der Waals surface area contributed by atoms with Gasteiger partial charge in [0.1, 0.15) is 11.3 Å². The van der Waals surface area contributed by atoms with Crippen LogP contribution in [0.3, 0.4) is 0 Å². The highest BCUT2D eigenvalue weighted by Crippen LogP contribution is 2.32. The van der Waals surface area contributed by atoms with Crippen LogP contribution < -0.4 is 10.3 Å². The lowest BCUT2D eigenvalue weighted by Gasteiger charge is -2.08. The summed E-state index contributed by atoms with van der Waals surface area (Å²) in [5.41, 5.74) is 1.50. The zero-order chi connectivity index (χ0) is 12.4. The van der Waals surface area contributed by atoms with E-state index >= 15 is 0 Å². The first-order chi connectivity index (χ1) is 8.17. The molecule has 0 aliphatic carbocycles. The molecule has 0 radical (unpaired) electrons. The predicted molar refractivity (Wildman–Crippen MR) is 64.4 cm³/mol. The van der Waals surface area contributed by atoms with Gasteiger partial charge in [0, 0.05) is 5.56 Å². The van der Waals surface area contributed by atoms with Gasteiger partial charge in [0.25, 0.3) is 5.56 Å². The summed E-state index contributed by atoms with van der Waals surface area (Å²) >= 11 is 0. The van der Waals surface area contributed by atoms with Gasteiger partial charge in [0.15, 0.2) is 0 Å². The first kappa shape index (κ1) is 11.3. The zero-order valence-electron chi connectivity index (χ0n) is 9.70. The van der Waals surface area contributed by atoms with E-state index < -0.39 is 0 Å². The molecule has 0 spiro atoms. The number of hydrogen-bond donors (Lipinski definition) is 3. The lowest BCUT2D eigenvalue weighted by molar-refractivity contribution is 0.415. The molecule has 2 rings (SSSR count). The topological polar surface area (TPSA) is 78.1 Å². The van der Waals surface area contributed by atoms with Gasteiger partial charge in [-0.3, -0.25) is 15.0 Å². The van der Waals surface area contributed by atoms with Crippen molar-refractivity contribution in [2.75, 3.05) is 7.11 Å². The number of nitrogens with one attached hydrogen (secondary N) is 2. The summed E-state index contributed by atoms with van der Waals surface area (Å²) in [5, 5.41) is 14.4. The molecule has 1 aromatic carbocycles. The Morgan fingerprint density at radius 1 is 1.35 bits per heavy atom.